The second kappa shape index (κ2) is 5.82. The zero-order valence-electron chi connectivity index (χ0n) is 13.7. The molecule has 3 saturated heterocycles. The number of aliphatic hydroxyl groups excluding tert-OH is 1. The van der Waals surface area contributed by atoms with Gasteiger partial charge in [0.25, 0.3) is 0 Å². The van der Waals surface area contributed by atoms with E-state index >= 15 is 0 Å². The topological polar surface area (TPSA) is 41.9 Å². The molecule has 4 rings (SSSR count). The van der Waals surface area contributed by atoms with Gasteiger partial charge < -0.3 is 14.6 Å². The fraction of sp³-hybridized carbons (Fsp3) is 0.647. The number of ether oxygens (including phenoxy) is 2. The summed E-state index contributed by atoms with van der Waals surface area (Å²) in [5.74, 6) is -6.92. The Bertz CT molecular complexity index is 687. The van der Waals surface area contributed by atoms with E-state index in [0.29, 0.717) is 13.1 Å². The zero-order valence-corrected chi connectivity index (χ0v) is 13.7. The first-order chi connectivity index (χ1) is 11.9. The normalized spacial score (nSPS) is 33.9. The van der Waals surface area contributed by atoms with Crippen LogP contribution in [-0.4, -0.2) is 48.5 Å². The molecule has 1 spiro atoms. The Morgan fingerprint density at radius 2 is 1.88 bits per heavy atom. The largest absolute Gasteiger partial charge is 0.491 e. The molecule has 0 radical (unpaired) electrons. The van der Waals surface area contributed by atoms with Crippen molar-refractivity contribution in [1.82, 2.24) is 4.90 Å². The highest BCUT2D eigenvalue weighted by Crippen LogP contribution is 2.54. The van der Waals surface area contributed by atoms with Crippen molar-refractivity contribution in [2.24, 2.45) is 11.8 Å². The van der Waals surface area contributed by atoms with Crippen molar-refractivity contribution < 1.29 is 32.1 Å². The molecule has 3 aliphatic rings. The van der Waals surface area contributed by atoms with Gasteiger partial charge in [-0.1, -0.05) is 0 Å². The van der Waals surface area contributed by atoms with Crippen molar-refractivity contribution in [2.45, 2.75) is 31.1 Å². The molecule has 0 aliphatic carbocycles. The number of likely N-dealkylation sites (tertiary alicyclic amines) is 1. The lowest BCUT2D eigenvalue weighted by Crippen LogP contribution is -2.37. The van der Waals surface area contributed by atoms with E-state index in [0.717, 1.165) is 20.0 Å². The van der Waals surface area contributed by atoms with Gasteiger partial charge in [0.1, 0.15) is 0 Å². The Balaban J connectivity index is 1.61. The van der Waals surface area contributed by atoms with Gasteiger partial charge in [-0.05, 0) is 12.8 Å². The van der Waals surface area contributed by atoms with Crippen molar-refractivity contribution in [3.63, 3.8) is 0 Å². The number of rotatable bonds is 4. The fourth-order valence-electron chi connectivity index (χ4n) is 4.85. The monoisotopic (exact) mass is 361 g/mol. The van der Waals surface area contributed by atoms with Crippen molar-refractivity contribution >= 4 is 0 Å². The van der Waals surface area contributed by atoms with Crippen molar-refractivity contribution in [1.29, 1.82) is 0 Å². The van der Waals surface area contributed by atoms with Crippen LogP contribution in [0, 0.1) is 35.1 Å². The standard InChI is InChI=1S/C17H19F4NO3/c1-24-16-14(20)12(18)8(13(19)15(16)21)4-22-5-10-9(6-23)11-2-3-17(10,7-22)25-11/h9-11,23H,2-7H2,1H3/t9-,10+,11+,17+/m0/s1. The minimum Gasteiger partial charge on any atom is -0.491 e. The van der Waals surface area contributed by atoms with Crippen LogP contribution in [0.3, 0.4) is 0 Å². The Morgan fingerprint density at radius 1 is 1.20 bits per heavy atom. The molecule has 3 fully saturated rings. The lowest BCUT2D eigenvalue weighted by atomic mass is 9.74. The number of fused-ring (bicyclic) bond motifs is 1. The summed E-state index contributed by atoms with van der Waals surface area (Å²) in [5, 5.41) is 9.59. The number of methoxy groups -OCH3 is 1. The first-order valence-electron chi connectivity index (χ1n) is 8.31. The molecule has 4 atom stereocenters. The van der Waals surface area contributed by atoms with E-state index in [1.807, 2.05) is 0 Å². The summed E-state index contributed by atoms with van der Waals surface area (Å²) in [4.78, 5) is 1.74. The maximum Gasteiger partial charge on any atom is 0.204 e. The summed E-state index contributed by atoms with van der Waals surface area (Å²) in [6.07, 6.45) is 1.71. The lowest BCUT2D eigenvalue weighted by Gasteiger charge is -2.28. The maximum atomic E-state index is 14.2. The van der Waals surface area contributed by atoms with Gasteiger partial charge in [-0.2, -0.15) is 8.78 Å². The molecule has 1 N–H and O–H groups in total. The lowest BCUT2D eigenvalue weighted by molar-refractivity contribution is 0.000180. The van der Waals surface area contributed by atoms with Crippen LogP contribution in [0.15, 0.2) is 0 Å². The average molecular weight is 361 g/mol. The molecule has 0 saturated carbocycles. The summed E-state index contributed by atoms with van der Waals surface area (Å²) in [6.45, 7) is 0.633. The third-order valence-electron chi connectivity index (χ3n) is 5.97. The summed E-state index contributed by atoms with van der Waals surface area (Å²) in [7, 11) is 0.948. The summed E-state index contributed by atoms with van der Waals surface area (Å²) in [5.41, 5.74) is -1.07. The molecule has 0 aromatic heterocycles. The Labute approximate surface area is 142 Å². The molecular formula is C17H19F4NO3. The molecule has 8 heteroatoms. The van der Waals surface area contributed by atoms with E-state index in [1.165, 1.54) is 0 Å². The number of aliphatic hydroxyl groups is 1. The van der Waals surface area contributed by atoms with Crippen molar-refractivity contribution in [3.05, 3.63) is 28.8 Å². The maximum absolute atomic E-state index is 14.2. The van der Waals surface area contributed by atoms with Crippen LogP contribution >= 0.6 is 0 Å². The predicted molar refractivity (Wildman–Crippen MR) is 79.0 cm³/mol. The third kappa shape index (κ3) is 2.30. The highest BCUT2D eigenvalue weighted by atomic mass is 19.2. The number of halogens is 4. The predicted octanol–water partition coefficient (Wildman–Crippen LogP) is 2.22. The Kier molecular flexibility index (Phi) is 3.97. The summed E-state index contributed by atoms with van der Waals surface area (Å²) in [6, 6.07) is 0. The van der Waals surface area contributed by atoms with E-state index in [4.69, 9.17) is 4.74 Å². The van der Waals surface area contributed by atoms with Gasteiger partial charge in [0.05, 0.1) is 18.8 Å². The number of hydrogen-bond acceptors (Lipinski definition) is 4. The van der Waals surface area contributed by atoms with Crippen molar-refractivity contribution in [2.75, 3.05) is 26.8 Å². The first-order valence-corrected chi connectivity index (χ1v) is 8.31. The van der Waals surface area contributed by atoms with Gasteiger partial charge in [-0.15, -0.1) is 0 Å². The third-order valence-corrected chi connectivity index (χ3v) is 5.97. The quantitative estimate of drug-likeness (QED) is 0.660. The van der Waals surface area contributed by atoms with E-state index < -0.39 is 40.2 Å². The van der Waals surface area contributed by atoms with Crippen LogP contribution in [0.25, 0.3) is 0 Å². The van der Waals surface area contributed by atoms with Gasteiger partial charge in [0, 0.05) is 43.6 Å². The highest BCUT2D eigenvalue weighted by molar-refractivity contribution is 5.34. The van der Waals surface area contributed by atoms with Gasteiger partial charge in [-0.25, -0.2) is 8.78 Å². The zero-order chi connectivity index (χ0) is 17.9. The second-order valence-electron chi connectivity index (χ2n) is 7.15. The SMILES string of the molecule is COc1c(F)c(F)c(CN2C[C@@H]3[C@H](CO)[C@H]4CC[C@]3(C2)O4)c(F)c1F. The van der Waals surface area contributed by atoms with E-state index in [1.54, 1.807) is 4.90 Å². The van der Waals surface area contributed by atoms with Crippen LogP contribution < -0.4 is 4.74 Å². The molecule has 1 aromatic rings. The molecule has 2 bridgehead atoms. The van der Waals surface area contributed by atoms with E-state index in [-0.39, 0.29) is 31.1 Å². The van der Waals surface area contributed by atoms with Crippen molar-refractivity contribution in [3.8, 4) is 5.75 Å². The smallest absolute Gasteiger partial charge is 0.204 e. The van der Waals surface area contributed by atoms with Gasteiger partial charge in [0.2, 0.25) is 11.6 Å². The van der Waals surface area contributed by atoms with Crippen LogP contribution in [0.1, 0.15) is 18.4 Å². The molecule has 0 amide bonds. The molecule has 25 heavy (non-hydrogen) atoms. The summed E-state index contributed by atoms with van der Waals surface area (Å²) < 4.78 is 66.6. The number of benzene rings is 1. The fourth-order valence-corrected chi connectivity index (χ4v) is 4.85. The second-order valence-corrected chi connectivity index (χ2v) is 7.15. The highest BCUT2D eigenvalue weighted by Gasteiger charge is 2.62. The molecule has 3 aliphatic heterocycles. The van der Waals surface area contributed by atoms with Crippen LogP contribution in [0.5, 0.6) is 5.75 Å². The van der Waals surface area contributed by atoms with Gasteiger partial charge >= 0.3 is 0 Å². The van der Waals surface area contributed by atoms with Gasteiger partial charge in [0.15, 0.2) is 17.4 Å². The molecule has 1 aromatic carbocycles. The minimum atomic E-state index is -1.53. The Hall–Kier alpha value is -1.38. The average Bonchev–Trinajstić information content (AvgIpc) is 3.24. The van der Waals surface area contributed by atoms with E-state index in [2.05, 4.69) is 4.74 Å². The molecule has 4 nitrogen and oxygen atoms in total. The summed E-state index contributed by atoms with van der Waals surface area (Å²) >= 11 is 0. The number of hydrogen-bond donors (Lipinski definition) is 1. The van der Waals surface area contributed by atoms with E-state index in [9.17, 15) is 22.7 Å². The molecular weight excluding hydrogens is 342 g/mol. The van der Waals surface area contributed by atoms with Crippen LogP contribution in [-0.2, 0) is 11.3 Å². The van der Waals surface area contributed by atoms with Crippen LogP contribution in [0.4, 0.5) is 17.6 Å². The molecule has 138 valence electrons. The molecule has 3 heterocycles. The molecule has 0 unspecified atom stereocenters. The van der Waals surface area contributed by atoms with Crippen LogP contribution in [0.2, 0.25) is 0 Å². The first kappa shape index (κ1) is 17.1. The van der Waals surface area contributed by atoms with Gasteiger partial charge in [-0.3, -0.25) is 4.90 Å². The minimum absolute atomic E-state index is 0.000558. The Morgan fingerprint density at radius 3 is 2.48 bits per heavy atom. The number of nitrogens with zero attached hydrogens (tertiary/aromatic N) is 1.